The van der Waals surface area contributed by atoms with Crippen LogP contribution in [-0.4, -0.2) is 27.4 Å². The monoisotopic (exact) mass is 316 g/mol. The van der Waals surface area contributed by atoms with E-state index in [1.807, 2.05) is 4.68 Å². The Morgan fingerprint density at radius 1 is 1.30 bits per heavy atom. The normalized spacial score (nSPS) is 29.3. The van der Waals surface area contributed by atoms with Gasteiger partial charge in [0.05, 0.1) is 5.69 Å². The van der Waals surface area contributed by atoms with Gasteiger partial charge in [0, 0.05) is 30.6 Å². The van der Waals surface area contributed by atoms with Crippen molar-refractivity contribution in [1.82, 2.24) is 20.3 Å². The Kier molecular flexibility index (Phi) is 3.90. The topological polar surface area (TPSA) is 59.8 Å². The van der Waals surface area contributed by atoms with Gasteiger partial charge in [-0.2, -0.15) is 0 Å². The van der Waals surface area contributed by atoms with Crippen LogP contribution in [0.2, 0.25) is 0 Å². The Balaban J connectivity index is 1.25. The van der Waals surface area contributed by atoms with Crippen molar-refractivity contribution >= 4 is 5.91 Å². The van der Waals surface area contributed by atoms with Gasteiger partial charge in [-0.1, -0.05) is 18.6 Å². The van der Waals surface area contributed by atoms with Crippen LogP contribution in [0.5, 0.6) is 0 Å². The lowest BCUT2D eigenvalue weighted by Crippen LogP contribution is -2.36. The molecule has 3 saturated carbocycles. The van der Waals surface area contributed by atoms with E-state index in [4.69, 9.17) is 0 Å². The van der Waals surface area contributed by atoms with E-state index < -0.39 is 0 Å². The van der Waals surface area contributed by atoms with E-state index >= 15 is 0 Å². The van der Waals surface area contributed by atoms with Crippen molar-refractivity contribution in [3.63, 3.8) is 0 Å². The first-order valence-corrected chi connectivity index (χ1v) is 9.31. The molecule has 0 radical (unpaired) electrons. The van der Waals surface area contributed by atoms with Gasteiger partial charge in [-0.05, 0) is 56.8 Å². The van der Waals surface area contributed by atoms with Crippen LogP contribution >= 0.6 is 0 Å². The maximum atomic E-state index is 12.1. The zero-order valence-corrected chi connectivity index (χ0v) is 14.1. The van der Waals surface area contributed by atoms with Crippen molar-refractivity contribution in [2.24, 2.45) is 17.3 Å². The molecule has 0 aromatic carbocycles. The quantitative estimate of drug-likeness (QED) is 0.878. The molecule has 1 heterocycles. The lowest BCUT2D eigenvalue weighted by Gasteiger charge is -2.29. The van der Waals surface area contributed by atoms with Crippen LogP contribution in [0.1, 0.15) is 69.9 Å². The molecule has 5 heteroatoms. The molecule has 0 bridgehead atoms. The Labute approximate surface area is 138 Å². The van der Waals surface area contributed by atoms with E-state index in [1.54, 1.807) is 0 Å². The summed E-state index contributed by atoms with van der Waals surface area (Å²) in [4.78, 5) is 12.1. The van der Waals surface area contributed by atoms with Crippen molar-refractivity contribution in [2.45, 2.75) is 70.8 Å². The maximum absolute atomic E-state index is 12.1. The standard InChI is InChI=1S/C18H28N4O/c1-18(7-8-18)17(23)19-10-13-3-2-4-14(9-13)11-22-12-16(20-21-22)15-5-6-15/h12-15H,2-11H2,1H3,(H,19,23)/t13-,14+/m1/s1. The fourth-order valence-corrected chi connectivity index (χ4v) is 3.85. The third-order valence-electron chi connectivity index (χ3n) is 5.99. The molecule has 23 heavy (non-hydrogen) atoms. The highest BCUT2D eigenvalue weighted by molar-refractivity contribution is 5.84. The molecule has 2 atom stereocenters. The second kappa shape index (κ2) is 5.91. The molecule has 126 valence electrons. The SMILES string of the molecule is CC1(C(=O)NC[C@@H]2CCC[C@H](Cn3cc(C4CC4)nn3)C2)CC1. The van der Waals surface area contributed by atoms with E-state index in [0.29, 0.717) is 17.8 Å². The minimum Gasteiger partial charge on any atom is -0.355 e. The molecule has 0 aliphatic heterocycles. The van der Waals surface area contributed by atoms with E-state index in [-0.39, 0.29) is 11.3 Å². The molecule has 4 rings (SSSR count). The van der Waals surface area contributed by atoms with Crippen molar-refractivity contribution in [2.75, 3.05) is 6.54 Å². The van der Waals surface area contributed by atoms with Crippen LogP contribution in [0.25, 0.3) is 0 Å². The summed E-state index contributed by atoms with van der Waals surface area (Å²) in [6.07, 6.45) is 11.8. The summed E-state index contributed by atoms with van der Waals surface area (Å²) in [7, 11) is 0. The predicted molar refractivity (Wildman–Crippen MR) is 87.8 cm³/mol. The summed E-state index contributed by atoms with van der Waals surface area (Å²) >= 11 is 0. The fraction of sp³-hybridized carbons (Fsp3) is 0.833. The summed E-state index contributed by atoms with van der Waals surface area (Å²) in [5, 5.41) is 11.8. The van der Waals surface area contributed by atoms with Crippen molar-refractivity contribution in [3.05, 3.63) is 11.9 Å². The minimum absolute atomic E-state index is 0.0476. The number of hydrogen-bond acceptors (Lipinski definition) is 3. The van der Waals surface area contributed by atoms with Gasteiger partial charge >= 0.3 is 0 Å². The summed E-state index contributed by atoms with van der Waals surface area (Å²) in [6, 6.07) is 0. The molecule has 1 amide bonds. The van der Waals surface area contributed by atoms with E-state index in [2.05, 4.69) is 28.7 Å². The van der Waals surface area contributed by atoms with E-state index in [9.17, 15) is 4.79 Å². The second-order valence-electron chi connectivity index (χ2n) is 8.31. The number of rotatable bonds is 6. The highest BCUT2D eigenvalue weighted by Gasteiger charge is 2.44. The van der Waals surface area contributed by atoms with Crippen LogP contribution in [0.3, 0.4) is 0 Å². The van der Waals surface area contributed by atoms with Gasteiger partial charge in [-0.25, -0.2) is 0 Å². The number of hydrogen-bond donors (Lipinski definition) is 1. The second-order valence-corrected chi connectivity index (χ2v) is 8.31. The number of amides is 1. The van der Waals surface area contributed by atoms with Gasteiger partial charge in [0.25, 0.3) is 0 Å². The average Bonchev–Trinajstić information content (AvgIpc) is 3.47. The molecule has 1 aromatic rings. The number of carbonyl (C=O) groups excluding carboxylic acids is 1. The number of nitrogens with one attached hydrogen (secondary N) is 1. The van der Waals surface area contributed by atoms with Gasteiger partial charge in [0.1, 0.15) is 0 Å². The summed E-state index contributed by atoms with van der Waals surface area (Å²) < 4.78 is 2.05. The smallest absolute Gasteiger partial charge is 0.225 e. The van der Waals surface area contributed by atoms with Gasteiger partial charge in [0.15, 0.2) is 0 Å². The van der Waals surface area contributed by atoms with Crippen molar-refractivity contribution in [1.29, 1.82) is 0 Å². The van der Waals surface area contributed by atoms with Crippen LogP contribution in [0.4, 0.5) is 0 Å². The zero-order chi connectivity index (χ0) is 15.9. The van der Waals surface area contributed by atoms with Gasteiger partial charge < -0.3 is 5.32 Å². The molecule has 5 nitrogen and oxygen atoms in total. The van der Waals surface area contributed by atoms with E-state index in [1.165, 1.54) is 44.2 Å². The number of carbonyl (C=O) groups is 1. The molecule has 3 aliphatic carbocycles. The highest BCUT2D eigenvalue weighted by atomic mass is 16.2. The Bertz CT molecular complexity index is 573. The van der Waals surface area contributed by atoms with Crippen LogP contribution < -0.4 is 5.32 Å². The zero-order valence-electron chi connectivity index (χ0n) is 14.1. The summed E-state index contributed by atoms with van der Waals surface area (Å²) in [5.41, 5.74) is 1.14. The molecule has 0 saturated heterocycles. The van der Waals surface area contributed by atoms with Crippen LogP contribution in [0.15, 0.2) is 6.20 Å². The first kappa shape index (κ1) is 15.2. The first-order chi connectivity index (χ1) is 11.1. The van der Waals surface area contributed by atoms with E-state index in [0.717, 1.165) is 25.9 Å². The largest absolute Gasteiger partial charge is 0.355 e. The first-order valence-electron chi connectivity index (χ1n) is 9.31. The Hall–Kier alpha value is -1.39. The lowest BCUT2D eigenvalue weighted by atomic mass is 9.81. The van der Waals surface area contributed by atoms with Crippen LogP contribution in [-0.2, 0) is 11.3 Å². The molecule has 3 fully saturated rings. The fourth-order valence-electron chi connectivity index (χ4n) is 3.85. The van der Waals surface area contributed by atoms with Gasteiger partial charge in [0.2, 0.25) is 5.91 Å². The molecular formula is C18H28N4O. The third-order valence-corrected chi connectivity index (χ3v) is 5.99. The minimum atomic E-state index is -0.0476. The molecule has 0 unspecified atom stereocenters. The molecule has 1 aromatic heterocycles. The lowest BCUT2D eigenvalue weighted by molar-refractivity contribution is -0.126. The predicted octanol–water partition coefficient (Wildman–Crippen LogP) is 2.88. The number of aromatic nitrogens is 3. The third kappa shape index (κ3) is 3.59. The van der Waals surface area contributed by atoms with Crippen molar-refractivity contribution in [3.8, 4) is 0 Å². The Morgan fingerprint density at radius 3 is 2.83 bits per heavy atom. The van der Waals surface area contributed by atoms with Crippen molar-refractivity contribution < 1.29 is 4.79 Å². The van der Waals surface area contributed by atoms with Crippen LogP contribution in [0, 0.1) is 17.3 Å². The van der Waals surface area contributed by atoms with Gasteiger partial charge in [-0.3, -0.25) is 9.48 Å². The van der Waals surface area contributed by atoms with Gasteiger partial charge in [-0.15, -0.1) is 5.10 Å². The Morgan fingerprint density at radius 2 is 2.09 bits per heavy atom. The molecule has 1 N–H and O–H groups in total. The average molecular weight is 316 g/mol. The summed E-state index contributed by atoms with van der Waals surface area (Å²) in [5.74, 6) is 2.26. The summed E-state index contributed by atoms with van der Waals surface area (Å²) in [6.45, 7) is 3.92. The molecular weight excluding hydrogens is 288 g/mol. The number of nitrogens with zero attached hydrogens (tertiary/aromatic N) is 3. The molecule has 0 spiro atoms. The maximum Gasteiger partial charge on any atom is 0.225 e. The highest BCUT2D eigenvalue weighted by Crippen LogP contribution is 2.45. The molecule has 3 aliphatic rings.